The van der Waals surface area contributed by atoms with Crippen LogP contribution in [0.5, 0.6) is 0 Å². The molecule has 1 saturated heterocycles. The molecule has 1 aromatic heterocycles. The van der Waals surface area contributed by atoms with E-state index in [0.29, 0.717) is 13.1 Å². The maximum atomic E-state index is 12.9. The fourth-order valence-corrected chi connectivity index (χ4v) is 5.85. The summed E-state index contributed by atoms with van der Waals surface area (Å²) in [7, 11) is -3.61. The Balaban J connectivity index is 1.48. The Morgan fingerprint density at radius 1 is 0.971 bits per heavy atom. The van der Waals surface area contributed by atoms with Crippen molar-refractivity contribution in [3.05, 3.63) is 82.7 Å². The van der Waals surface area contributed by atoms with E-state index in [2.05, 4.69) is 46.3 Å². The summed E-state index contributed by atoms with van der Waals surface area (Å²) in [5.41, 5.74) is 7.99. The van der Waals surface area contributed by atoms with Crippen LogP contribution in [0.25, 0.3) is 5.69 Å². The Bertz CT molecular complexity index is 1320. The first-order chi connectivity index (χ1) is 16.3. The molecule has 0 aliphatic carbocycles. The van der Waals surface area contributed by atoms with Crippen LogP contribution in [0.3, 0.4) is 0 Å². The summed E-state index contributed by atoms with van der Waals surface area (Å²) in [5, 5.41) is 4.12. The lowest BCUT2D eigenvalue weighted by Crippen LogP contribution is -2.35. The molecular weight excluding hydrogens is 448 g/mol. The van der Waals surface area contributed by atoms with E-state index in [1.54, 1.807) is 18.3 Å². The molecule has 0 bridgehead atoms. The number of aryl methyl sites for hydroxylation is 2. The Labute approximate surface area is 201 Å². The van der Waals surface area contributed by atoms with Crippen LogP contribution in [-0.2, 0) is 10.0 Å². The first-order valence-corrected chi connectivity index (χ1v) is 12.9. The third-order valence-corrected chi connectivity index (χ3v) is 8.08. The highest BCUT2D eigenvalue weighted by molar-refractivity contribution is 7.89. The van der Waals surface area contributed by atoms with Gasteiger partial charge in [-0.1, -0.05) is 30.2 Å². The minimum atomic E-state index is -3.61. The lowest BCUT2D eigenvalue weighted by atomic mass is 10.2. The summed E-state index contributed by atoms with van der Waals surface area (Å²) in [6.07, 6.45) is 4.37. The van der Waals surface area contributed by atoms with Crippen molar-refractivity contribution in [1.82, 2.24) is 14.3 Å². The normalized spacial score (nSPS) is 15.0. The van der Waals surface area contributed by atoms with Crippen LogP contribution in [0.15, 0.2) is 64.6 Å². The standard InChI is InChI=1S/C26H30N4O3S/c1-19-10-12-24(13-11-19)30-20(2)16-23(21(30)3)18-27-28-26(31)22-8-7-9-25(17-22)34(32,33)29-14-5-4-6-15-29/h7-13,16-18H,4-6,14-15H2,1-3H3,(H,28,31)/b27-18-. The van der Waals surface area contributed by atoms with Crippen LogP contribution in [0.1, 0.15) is 52.1 Å². The number of nitrogens with one attached hydrogen (secondary N) is 1. The fourth-order valence-electron chi connectivity index (χ4n) is 4.29. The summed E-state index contributed by atoms with van der Waals surface area (Å²) in [5.74, 6) is -0.459. The zero-order valence-electron chi connectivity index (χ0n) is 19.8. The Morgan fingerprint density at radius 3 is 2.38 bits per heavy atom. The number of hydrogen-bond donors (Lipinski definition) is 1. The third kappa shape index (κ3) is 4.98. The maximum Gasteiger partial charge on any atom is 0.271 e. The van der Waals surface area contributed by atoms with Crippen LogP contribution < -0.4 is 5.43 Å². The number of piperidine rings is 1. The molecule has 178 valence electrons. The van der Waals surface area contributed by atoms with Gasteiger partial charge in [0.1, 0.15) is 0 Å². The van der Waals surface area contributed by atoms with Crippen molar-refractivity contribution in [3.8, 4) is 5.69 Å². The van der Waals surface area contributed by atoms with Crippen molar-refractivity contribution in [3.63, 3.8) is 0 Å². The number of rotatable bonds is 6. The molecule has 4 rings (SSSR count). The average Bonchev–Trinajstić information content (AvgIpc) is 3.13. The lowest BCUT2D eigenvalue weighted by Gasteiger charge is -2.25. The number of hydrogen-bond acceptors (Lipinski definition) is 4. The van der Waals surface area contributed by atoms with E-state index in [9.17, 15) is 13.2 Å². The first kappa shape index (κ1) is 23.9. The van der Waals surface area contributed by atoms with Gasteiger partial charge in [-0.25, -0.2) is 13.8 Å². The van der Waals surface area contributed by atoms with E-state index in [4.69, 9.17) is 0 Å². The number of carbonyl (C=O) groups is 1. The molecule has 0 atom stereocenters. The number of amides is 1. The highest BCUT2D eigenvalue weighted by Crippen LogP contribution is 2.22. The Morgan fingerprint density at radius 2 is 1.68 bits per heavy atom. The topological polar surface area (TPSA) is 83.8 Å². The minimum absolute atomic E-state index is 0.132. The van der Waals surface area contributed by atoms with E-state index in [1.807, 2.05) is 19.9 Å². The summed E-state index contributed by atoms with van der Waals surface area (Å²) >= 11 is 0. The summed E-state index contributed by atoms with van der Waals surface area (Å²) < 4.78 is 29.5. The predicted molar refractivity (Wildman–Crippen MR) is 134 cm³/mol. The van der Waals surface area contributed by atoms with E-state index in [0.717, 1.165) is 41.9 Å². The van der Waals surface area contributed by atoms with Gasteiger partial charge in [0, 0.05) is 41.3 Å². The molecule has 1 aliphatic rings. The van der Waals surface area contributed by atoms with Crippen LogP contribution in [0.2, 0.25) is 0 Å². The van der Waals surface area contributed by atoms with Crippen molar-refractivity contribution in [2.75, 3.05) is 13.1 Å². The van der Waals surface area contributed by atoms with Crippen LogP contribution in [-0.4, -0.2) is 42.5 Å². The highest BCUT2D eigenvalue weighted by atomic mass is 32.2. The molecule has 1 amide bonds. The molecule has 8 heteroatoms. The molecular formula is C26H30N4O3S. The number of aromatic nitrogens is 1. The molecule has 0 spiro atoms. The maximum absolute atomic E-state index is 12.9. The molecule has 34 heavy (non-hydrogen) atoms. The predicted octanol–water partition coefficient (Wildman–Crippen LogP) is 4.34. The second-order valence-corrected chi connectivity index (χ2v) is 10.6. The zero-order valence-corrected chi connectivity index (χ0v) is 20.6. The van der Waals surface area contributed by atoms with Gasteiger partial charge in [0.05, 0.1) is 11.1 Å². The molecule has 2 aromatic carbocycles. The van der Waals surface area contributed by atoms with Crippen molar-refractivity contribution in [2.24, 2.45) is 5.10 Å². The fraction of sp³-hybridized carbons (Fsp3) is 0.308. The largest absolute Gasteiger partial charge is 0.318 e. The van der Waals surface area contributed by atoms with E-state index in [-0.39, 0.29) is 10.5 Å². The molecule has 1 aliphatic heterocycles. The van der Waals surface area contributed by atoms with E-state index < -0.39 is 15.9 Å². The Kier molecular flexibility index (Phi) is 7.00. The average molecular weight is 479 g/mol. The number of carbonyl (C=O) groups excluding carboxylic acids is 1. The smallest absolute Gasteiger partial charge is 0.271 e. The van der Waals surface area contributed by atoms with Gasteiger partial charge in [0.2, 0.25) is 10.0 Å². The van der Waals surface area contributed by atoms with Gasteiger partial charge >= 0.3 is 0 Å². The number of hydrazone groups is 1. The zero-order chi connectivity index (χ0) is 24.3. The summed E-state index contributed by atoms with van der Waals surface area (Å²) in [6, 6.07) is 16.4. The van der Waals surface area contributed by atoms with Gasteiger partial charge in [-0.3, -0.25) is 4.79 Å². The molecule has 7 nitrogen and oxygen atoms in total. The molecule has 1 N–H and O–H groups in total. The van der Waals surface area contributed by atoms with Crippen molar-refractivity contribution < 1.29 is 13.2 Å². The number of benzene rings is 2. The lowest BCUT2D eigenvalue weighted by molar-refractivity contribution is 0.0955. The first-order valence-electron chi connectivity index (χ1n) is 11.5. The quantitative estimate of drug-likeness (QED) is 0.423. The van der Waals surface area contributed by atoms with Crippen LogP contribution in [0.4, 0.5) is 0 Å². The summed E-state index contributed by atoms with van der Waals surface area (Å²) in [4.78, 5) is 12.8. The molecule has 0 unspecified atom stereocenters. The van der Waals surface area contributed by atoms with Crippen molar-refractivity contribution >= 4 is 22.1 Å². The summed E-state index contributed by atoms with van der Waals surface area (Å²) in [6.45, 7) is 7.12. The molecule has 0 saturated carbocycles. The third-order valence-electron chi connectivity index (χ3n) is 6.18. The SMILES string of the molecule is Cc1ccc(-n2c(C)cc(/C=N\NC(=O)c3cccc(S(=O)(=O)N4CCCCC4)c3)c2C)cc1. The van der Waals surface area contributed by atoms with Gasteiger partial charge in [0.25, 0.3) is 5.91 Å². The molecule has 0 radical (unpaired) electrons. The minimum Gasteiger partial charge on any atom is -0.318 e. The van der Waals surface area contributed by atoms with E-state index in [1.165, 1.54) is 22.0 Å². The van der Waals surface area contributed by atoms with Crippen LogP contribution in [0, 0.1) is 20.8 Å². The molecule has 2 heterocycles. The van der Waals surface area contributed by atoms with Crippen molar-refractivity contribution in [1.29, 1.82) is 0 Å². The van der Waals surface area contributed by atoms with E-state index >= 15 is 0 Å². The second-order valence-electron chi connectivity index (χ2n) is 8.69. The molecule has 1 fully saturated rings. The highest BCUT2D eigenvalue weighted by Gasteiger charge is 2.26. The van der Waals surface area contributed by atoms with Gasteiger partial charge < -0.3 is 4.57 Å². The number of sulfonamides is 1. The van der Waals surface area contributed by atoms with Crippen molar-refractivity contribution in [2.45, 2.75) is 44.9 Å². The monoisotopic (exact) mass is 478 g/mol. The second kappa shape index (κ2) is 9.95. The number of nitrogens with zero attached hydrogens (tertiary/aromatic N) is 3. The van der Waals surface area contributed by atoms with Gasteiger partial charge in [-0.15, -0.1) is 0 Å². The van der Waals surface area contributed by atoms with Gasteiger partial charge in [-0.2, -0.15) is 9.41 Å². The van der Waals surface area contributed by atoms with Crippen LogP contribution >= 0.6 is 0 Å². The Hall–Kier alpha value is -3.23. The molecule has 3 aromatic rings. The van der Waals surface area contributed by atoms with Gasteiger partial charge in [0.15, 0.2) is 0 Å². The van der Waals surface area contributed by atoms with Gasteiger partial charge in [-0.05, 0) is 70.0 Å².